The van der Waals surface area contributed by atoms with E-state index in [1.165, 1.54) is 76.4 Å². The van der Waals surface area contributed by atoms with Crippen molar-refractivity contribution in [1.29, 1.82) is 0 Å². The molecule has 1 aromatic heterocycles. The van der Waals surface area contributed by atoms with Gasteiger partial charge < -0.3 is 4.90 Å². The quantitative estimate of drug-likeness (QED) is 0.160. The molecule has 252 valence electrons. The van der Waals surface area contributed by atoms with E-state index in [4.69, 9.17) is 4.98 Å². The van der Waals surface area contributed by atoms with E-state index < -0.39 is 0 Å². The van der Waals surface area contributed by atoms with Crippen LogP contribution in [-0.2, 0) is 10.8 Å². The van der Waals surface area contributed by atoms with Gasteiger partial charge in [-0.15, -0.1) is 0 Å². The third-order valence-corrected chi connectivity index (χ3v) is 11.1. The Balaban J connectivity index is 1.37. The lowest BCUT2D eigenvalue weighted by atomic mass is 9.81. The van der Waals surface area contributed by atoms with Gasteiger partial charge in [-0.1, -0.05) is 101 Å². The zero-order valence-electron chi connectivity index (χ0n) is 30.5. The van der Waals surface area contributed by atoms with Crippen LogP contribution in [-0.4, -0.2) is 32.9 Å². The highest BCUT2D eigenvalue weighted by Crippen LogP contribution is 2.48. The molecule has 1 aliphatic carbocycles. The van der Waals surface area contributed by atoms with Gasteiger partial charge in [-0.3, -0.25) is 4.57 Å². The smallest absolute Gasteiger partial charge is 0.209 e. The number of hydrogen-bond acceptors (Lipinski definition) is 2. The topological polar surface area (TPSA) is 24.1 Å². The number of rotatable bonds is 10. The molecule has 0 amide bonds. The summed E-state index contributed by atoms with van der Waals surface area (Å²) in [5.41, 5.74) is 14.5. The maximum absolute atomic E-state index is 4.87. The molecule has 7 rings (SSSR count). The number of hydrogen-bond donors (Lipinski definition) is 0. The molecule has 0 fully saturated rings. The Hall–Kier alpha value is -4.44. The molecule has 0 N–H and O–H groups in total. The average molecular weight is 650 g/mol. The molecule has 0 bridgehead atoms. The van der Waals surface area contributed by atoms with Crippen LogP contribution in [0.3, 0.4) is 0 Å². The molecule has 2 aliphatic heterocycles. The Bertz CT molecular complexity index is 2030. The monoisotopic (exact) mass is 649 g/mol. The largest absolute Gasteiger partial charge is 0.344 e. The number of nitrogens with zero attached hydrogens (tertiary/aromatic N) is 4. The number of aromatic nitrogens is 2. The molecule has 0 radical (unpaired) electrons. The van der Waals surface area contributed by atoms with Crippen molar-refractivity contribution in [1.82, 2.24) is 9.55 Å². The maximum atomic E-state index is 4.87. The Labute approximate surface area is 293 Å². The summed E-state index contributed by atoms with van der Waals surface area (Å²) < 4.78 is 4.94. The van der Waals surface area contributed by atoms with Gasteiger partial charge >= 0.3 is 0 Å². The Morgan fingerprint density at radius 3 is 2.33 bits per heavy atom. The molecule has 3 aromatic carbocycles. The summed E-state index contributed by atoms with van der Waals surface area (Å²) in [5.74, 6) is 0. The molecule has 0 spiro atoms. The molecule has 0 saturated heterocycles. The van der Waals surface area contributed by atoms with Gasteiger partial charge in [0.2, 0.25) is 5.69 Å². The van der Waals surface area contributed by atoms with Gasteiger partial charge in [-0.2, -0.15) is 4.58 Å². The first-order chi connectivity index (χ1) is 23.8. The van der Waals surface area contributed by atoms with Crippen molar-refractivity contribution in [3.8, 4) is 0 Å². The van der Waals surface area contributed by atoms with E-state index in [0.717, 1.165) is 43.4 Å². The first-order valence-electron chi connectivity index (χ1n) is 18.6. The van der Waals surface area contributed by atoms with Crippen molar-refractivity contribution in [3.05, 3.63) is 131 Å². The molecule has 0 saturated carbocycles. The first kappa shape index (κ1) is 33.1. The van der Waals surface area contributed by atoms with Crippen LogP contribution in [0.2, 0.25) is 0 Å². The van der Waals surface area contributed by atoms with Crippen molar-refractivity contribution in [2.45, 2.75) is 97.3 Å². The summed E-state index contributed by atoms with van der Waals surface area (Å²) in [5, 5.41) is 0. The number of anilines is 1. The minimum atomic E-state index is -0.0635. The van der Waals surface area contributed by atoms with Crippen molar-refractivity contribution < 1.29 is 4.58 Å². The maximum Gasteiger partial charge on any atom is 0.209 e. The normalized spacial score (nSPS) is 20.0. The second kappa shape index (κ2) is 13.5. The van der Waals surface area contributed by atoms with Crippen molar-refractivity contribution in [3.63, 3.8) is 0 Å². The number of imidazole rings is 1. The van der Waals surface area contributed by atoms with E-state index in [-0.39, 0.29) is 10.8 Å². The number of allylic oxidation sites excluding steroid dienone is 8. The Morgan fingerprint density at radius 2 is 1.51 bits per heavy atom. The molecule has 4 aromatic rings. The van der Waals surface area contributed by atoms with Crippen LogP contribution in [0.5, 0.6) is 0 Å². The summed E-state index contributed by atoms with van der Waals surface area (Å²) >= 11 is 0. The van der Waals surface area contributed by atoms with Gasteiger partial charge in [0.25, 0.3) is 0 Å². The molecule has 49 heavy (non-hydrogen) atoms. The number of unbranched alkanes of at least 4 members (excludes halogenated alkanes) is 2. The summed E-state index contributed by atoms with van der Waals surface area (Å²) in [6.07, 6.45) is 19.7. The summed E-state index contributed by atoms with van der Waals surface area (Å²) in [7, 11) is 0. The van der Waals surface area contributed by atoms with Crippen molar-refractivity contribution >= 4 is 33.8 Å². The fraction of sp³-hybridized carbons (Fsp3) is 0.378. The lowest BCUT2D eigenvalue weighted by molar-refractivity contribution is -0.438. The minimum Gasteiger partial charge on any atom is -0.344 e. The van der Waals surface area contributed by atoms with Gasteiger partial charge in [-0.05, 0) is 80.5 Å². The zero-order valence-corrected chi connectivity index (χ0v) is 30.5. The summed E-state index contributed by atoms with van der Waals surface area (Å²) in [6.45, 7) is 16.2. The molecule has 4 nitrogen and oxygen atoms in total. The van der Waals surface area contributed by atoms with Crippen LogP contribution in [0.25, 0.3) is 16.7 Å². The average Bonchev–Trinajstić information content (AvgIpc) is 3.70. The van der Waals surface area contributed by atoms with E-state index in [9.17, 15) is 0 Å². The highest BCUT2D eigenvalue weighted by molar-refractivity contribution is 6.03. The molecular weight excluding hydrogens is 597 g/mol. The van der Waals surface area contributed by atoms with Gasteiger partial charge in [0.1, 0.15) is 12.9 Å². The van der Waals surface area contributed by atoms with Crippen LogP contribution in [0.1, 0.15) is 97.6 Å². The lowest BCUT2D eigenvalue weighted by Gasteiger charge is -2.28. The van der Waals surface area contributed by atoms with E-state index in [1.54, 1.807) is 0 Å². The second-order valence-corrected chi connectivity index (χ2v) is 15.1. The van der Waals surface area contributed by atoms with Gasteiger partial charge in [0.15, 0.2) is 5.71 Å². The van der Waals surface area contributed by atoms with Crippen molar-refractivity contribution in [2.24, 2.45) is 0 Å². The lowest BCUT2D eigenvalue weighted by Crippen LogP contribution is -2.28. The predicted octanol–water partition coefficient (Wildman–Crippen LogP) is 11.3. The fourth-order valence-electron chi connectivity index (χ4n) is 8.44. The van der Waals surface area contributed by atoms with Gasteiger partial charge in [0.05, 0.1) is 22.1 Å². The number of fused-ring (bicyclic) bond motifs is 3. The van der Waals surface area contributed by atoms with Crippen molar-refractivity contribution in [2.75, 3.05) is 18.0 Å². The highest BCUT2D eigenvalue weighted by atomic mass is 15.2. The number of para-hydroxylation sites is 4. The first-order valence-corrected chi connectivity index (χ1v) is 18.6. The molecular formula is C45H53N4+. The van der Waals surface area contributed by atoms with Crippen LogP contribution in [0, 0.1) is 0 Å². The van der Waals surface area contributed by atoms with Gasteiger partial charge in [-0.25, -0.2) is 4.98 Å². The van der Waals surface area contributed by atoms with Crippen LogP contribution in [0.4, 0.5) is 11.4 Å². The standard InChI is InChI=1S/C45H53N4/c1-7-9-30-47-38-23-14-11-20-35(38)44(3,4)41(47)28-26-33-18-17-19-34(43(33)49-32-46-37-22-13-16-25-40(37)49)27-29-42-45(5,6)36-21-12-15-24-39(36)48(42)31-10-8-2/h11-16,20-29,32H,7-10,17-19,30-31H2,1-6H3/q+1. The minimum absolute atomic E-state index is 0.0635. The molecule has 4 heteroatoms. The molecule has 0 unspecified atom stereocenters. The summed E-state index contributed by atoms with van der Waals surface area (Å²) in [4.78, 5) is 7.45. The SMILES string of the molecule is CCCCN1/C(=C/C=C2\CCCC(/C=C/C3=[N+](CCCC)c4ccccc4C3(C)C)=C2n2cnc3ccccc32)C(C)(C)c2ccccc21. The van der Waals surface area contributed by atoms with E-state index >= 15 is 0 Å². The highest BCUT2D eigenvalue weighted by Gasteiger charge is 2.44. The molecule has 0 atom stereocenters. The van der Waals surface area contributed by atoms with E-state index in [1.807, 2.05) is 6.33 Å². The Morgan fingerprint density at radius 1 is 0.776 bits per heavy atom. The third kappa shape index (κ3) is 5.83. The van der Waals surface area contributed by atoms with E-state index in [0.29, 0.717) is 0 Å². The van der Waals surface area contributed by atoms with Gasteiger partial charge in [0, 0.05) is 47.5 Å². The van der Waals surface area contributed by atoms with Crippen LogP contribution in [0.15, 0.2) is 120 Å². The third-order valence-electron chi connectivity index (χ3n) is 11.1. The summed E-state index contributed by atoms with van der Waals surface area (Å²) in [6, 6.07) is 26.6. The second-order valence-electron chi connectivity index (χ2n) is 15.1. The zero-order chi connectivity index (χ0) is 34.2. The van der Waals surface area contributed by atoms with Crippen LogP contribution < -0.4 is 4.90 Å². The fourth-order valence-corrected chi connectivity index (χ4v) is 8.44. The predicted molar refractivity (Wildman–Crippen MR) is 208 cm³/mol. The Kier molecular flexibility index (Phi) is 9.09. The number of benzene rings is 3. The van der Waals surface area contributed by atoms with E-state index in [2.05, 4.69) is 153 Å². The molecule has 3 aliphatic rings. The van der Waals surface area contributed by atoms with Crippen LogP contribution >= 0.6 is 0 Å². The molecule has 3 heterocycles.